The summed E-state index contributed by atoms with van der Waals surface area (Å²) in [4.78, 5) is 25.9. The lowest BCUT2D eigenvalue weighted by molar-refractivity contribution is -0.135. The average Bonchev–Trinajstić information content (AvgIpc) is 2.51. The van der Waals surface area contributed by atoms with Crippen molar-refractivity contribution in [3.05, 3.63) is 0 Å². The van der Waals surface area contributed by atoms with Crippen molar-refractivity contribution in [1.82, 2.24) is 10.2 Å². The number of hydrogen-bond donors (Lipinski definition) is 2. The molecule has 21 heavy (non-hydrogen) atoms. The molecule has 5 nitrogen and oxygen atoms in total. The minimum absolute atomic E-state index is 0.0537. The maximum Gasteiger partial charge on any atom is 0.224 e. The van der Waals surface area contributed by atoms with E-state index in [1.807, 2.05) is 11.8 Å². The number of aliphatic hydroxyl groups excluding tert-OH is 1. The molecule has 1 unspecified atom stereocenters. The summed E-state index contributed by atoms with van der Waals surface area (Å²) in [6.07, 6.45) is 4.03. The van der Waals surface area contributed by atoms with Gasteiger partial charge in [-0.2, -0.15) is 11.8 Å². The highest BCUT2D eigenvalue weighted by Gasteiger charge is 2.27. The molecule has 1 fully saturated rings. The minimum Gasteiger partial charge on any atom is -0.396 e. The zero-order valence-corrected chi connectivity index (χ0v) is 13.8. The Morgan fingerprint density at radius 3 is 2.90 bits per heavy atom. The first-order valence-electron chi connectivity index (χ1n) is 7.93. The molecule has 1 rings (SSSR count). The van der Waals surface area contributed by atoms with Crippen molar-refractivity contribution in [2.75, 3.05) is 37.7 Å². The number of hydrogen-bond acceptors (Lipinski definition) is 4. The van der Waals surface area contributed by atoms with Gasteiger partial charge in [0.15, 0.2) is 0 Å². The normalized spacial score (nSPS) is 18.6. The van der Waals surface area contributed by atoms with Crippen molar-refractivity contribution in [1.29, 1.82) is 0 Å². The first-order chi connectivity index (χ1) is 10.2. The lowest BCUT2D eigenvalue weighted by Crippen LogP contribution is -2.45. The van der Waals surface area contributed by atoms with Gasteiger partial charge in [-0.25, -0.2) is 0 Å². The van der Waals surface area contributed by atoms with Crippen molar-refractivity contribution >= 4 is 23.6 Å². The molecule has 1 atom stereocenters. The second-order valence-electron chi connectivity index (χ2n) is 5.41. The molecular formula is C15H28N2O3S. The highest BCUT2D eigenvalue weighted by atomic mass is 32.2. The van der Waals surface area contributed by atoms with E-state index in [0.29, 0.717) is 19.5 Å². The largest absolute Gasteiger partial charge is 0.396 e. The molecule has 122 valence electrons. The van der Waals surface area contributed by atoms with Gasteiger partial charge in [0.05, 0.1) is 5.92 Å². The van der Waals surface area contributed by atoms with Crippen LogP contribution >= 0.6 is 11.8 Å². The number of nitrogens with one attached hydrogen (secondary N) is 1. The minimum atomic E-state index is -0.0537. The van der Waals surface area contributed by atoms with Crippen molar-refractivity contribution < 1.29 is 14.7 Å². The highest BCUT2D eigenvalue weighted by molar-refractivity contribution is 7.99. The summed E-state index contributed by atoms with van der Waals surface area (Å²) in [6.45, 7) is 4.25. The lowest BCUT2D eigenvalue weighted by atomic mass is 9.97. The SMILES string of the molecule is CCCC(=O)N1CCCC(C(=O)NCCSCCCO)C1. The van der Waals surface area contributed by atoms with Gasteiger partial charge in [-0.05, 0) is 31.4 Å². The number of thioether (sulfide) groups is 1. The first-order valence-corrected chi connectivity index (χ1v) is 9.08. The quantitative estimate of drug-likeness (QED) is 0.628. The Kier molecular flexibility index (Phi) is 9.50. The molecule has 1 aliphatic rings. The highest BCUT2D eigenvalue weighted by Crippen LogP contribution is 2.17. The summed E-state index contributed by atoms with van der Waals surface area (Å²) in [6, 6.07) is 0. The van der Waals surface area contributed by atoms with E-state index < -0.39 is 0 Å². The number of rotatable bonds is 9. The molecular weight excluding hydrogens is 288 g/mol. The van der Waals surface area contributed by atoms with Gasteiger partial charge in [-0.3, -0.25) is 9.59 Å². The van der Waals surface area contributed by atoms with Crippen molar-refractivity contribution in [3.8, 4) is 0 Å². The van der Waals surface area contributed by atoms with Gasteiger partial charge in [0.2, 0.25) is 11.8 Å². The van der Waals surface area contributed by atoms with Crippen molar-refractivity contribution in [3.63, 3.8) is 0 Å². The molecule has 0 aliphatic carbocycles. The standard InChI is InChI=1S/C15H28N2O3S/c1-2-5-14(19)17-8-3-6-13(12-17)15(20)16-7-11-21-10-4-9-18/h13,18H,2-12H2,1H3,(H,16,20). The fourth-order valence-electron chi connectivity index (χ4n) is 2.45. The third-order valence-electron chi connectivity index (χ3n) is 3.60. The number of nitrogens with zero attached hydrogens (tertiary/aromatic N) is 1. The maximum atomic E-state index is 12.1. The summed E-state index contributed by atoms with van der Waals surface area (Å²) >= 11 is 1.74. The van der Waals surface area contributed by atoms with Crippen LogP contribution in [0.5, 0.6) is 0 Å². The number of aliphatic hydroxyl groups is 1. The summed E-state index contributed by atoms with van der Waals surface area (Å²) in [7, 11) is 0. The van der Waals surface area contributed by atoms with Gasteiger partial charge >= 0.3 is 0 Å². The first kappa shape index (κ1) is 18.3. The molecule has 0 bridgehead atoms. The van der Waals surface area contributed by atoms with Crippen LogP contribution < -0.4 is 5.32 Å². The topological polar surface area (TPSA) is 69.6 Å². The number of carbonyl (C=O) groups excluding carboxylic acids is 2. The van der Waals surface area contributed by atoms with E-state index in [2.05, 4.69) is 5.32 Å². The molecule has 1 saturated heterocycles. The van der Waals surface area contributed by atoms with Gasteiger partial charge in [0, 0.05) is 38.4 Å². The zero-order chi connectivity index (χ0) is 15.5. The molecule has 6 heteroatoms. The fraction of sp³-hybridized carbons (Fsp3) is 0.867. The molecule has 1 heterocycles. The smallest absolute Gasteiger partial charge is 0.224 e. The number of amides is 2. The van der Waals surface area contributed by atoms with Crippen LogP contribution in [0.2, 0.25) is 0 Å². The Morgan fingerprint density at radius 1 is 1.38 bits per heavy atom. The van der Waals surface area contributed by atoms with E-state index in [0.717, 1.165) is 43.7 Å². The third kappa shape index (κ3) is 7.18. The molecule has 0 saturated carbocycles. The average molecular weight is 316 g/mol. The van der Waals surface area contributed by atoms with E-state index in [1.54, 1.807) is 11.8 Å². The van der Waals surface area contributed by atoms with Crippen LogP contribution in [-0.2, 0) is 9.59 Å². The van der Waals surface area contributed by atoms with Crippen molar-refractivity contribution in [2.45, 2.75) is 39.0 Å². The zero-order valence-electron chi connectivity index (χ0n) is 13.0. The summed E-state index contributed by atoms with van der Waals surface area (Å²) in [5.41, 5.74) is 0. The maximum absolute atomic E-state index is 12.1. The second kappa shape index (κ2) is 10.9. The van der Waals surface area contributed by atoms with Crippen LogP contribution in [0.15, 0.2) is 0 Å². The van der Waals surface area contributed by atoms with Crippen LogP contribution in [0.1, 0.15) is 39.0 Å². The Balaban J connectivity index is 2.22. The Bertz CT molecular complexity index is 326. The number of piperidine rings is 1. The van der Waals surface area contributed by atoms with Crippen LogP contribution in [0.3, 0.4) is 0 Å². The molecule has 0 aromatic carbocycles. The predicted octanol–water partition coefficient (Wildman–Crippen LogP) is 1.26. The monoisotopic (exact) mass is 316 g/mol. The number of likely N-dealkylation sites (tertiary alicyclic amines) is 1. The van der Waals surface area contributed by atoms with E-state index in [-0.39, 0.29) is 24.3 Å². The number of carbonyl (C=O) groups is 2. The van der Waals surface area contributed by atoms with E-state index in [1.165, 1.54) is 0 Å². The van der Waals surface area contributed by atoms with Gasteiger partial charge in [0.1, 0.15) is 0 Å². The second-order valence-corrected chi connectivity index (χ2v) is 6.63. The van der Waals surface area contributed by atoms with Crippen LogP contribution in [-0.4, -0.2) is 59.6 Å². The predicted molar refractivity (Wildman–Crippen MR) is 86.2 cm³/mol. The van der Waals surface area contributed by atoms with E-state index in [9.17, 15) is 9.59 Å². The molecule has 0 aromatic rings. The molecule has 0 spiro atoms. The van der Waals surface area contributed by atoms with Crippen molar-refractivity contribution in [2.24, 2.45) is 5.92 Å². The molecule has 2 amide bonds. The van der Waals surface area contributed by atoms with Crippen LogP contribution in [0, 0.1) is 5.92 Å². The molecule has 1 aliphatic heterocycles. The third-order valence-corrected chi connectivity index (χ3v) is 4.67. The summed E-state index contributed by atoms with van der Waals surface area (Å²) in [5, 5.41) is 11.6. The van der Waals surface area contributed by atoms with E-state index in [4.69, 9.17) is 5.11 Å². The van der Waals surface area contributed by atoms with Gasteiger partial charge < -0.3 is 15.3 Å². The van der Waals surface area contributed by atoms with Gasteiger partial charge in [-0.15, -0.1) is 0 Å². The van der Waals surface area contributed by atoms with Gasteiger partial charge in [-0.1, -0.05) is 6.92 Å². The van der Waals surface area contributed by atoms with Gasteiger partial charge in [0.25, 0.3) is 0 Å². The fourth-order valence-corrected chi connectivity index (χ4v) is 3.23. The van der Waals surface area contributed by atoms with E-state index >= 15 is 0 Å². The van der Waals surface area contributed by atoms with Crippen LogP contribution in [0.4, 0.5) is 0 Å². The Morgan fingerprint density at radius 2 is 2.19 bits per heavy atom. The van der Waals surface area contributed by atoms with Crippen LogP contribution in [0.25, 0.3) is 0 Å². The summed E-state index contributed by atoms with van der Waals surface area (Å²) in [5.74, 6) is 2.00. The molecule has 0 radical (unpaired) electrons. The lowest BCUT2D eigenvalue weighted by Gasteiger charge is -2.32. The Labute approximate surface area is 131 Å². The molecule has 0 aromatic heterocycles. The summed E-state index contributed by atoms with van der Waals surface area (Å²) < 4.78 is 0. The Hall–Kier alpha value is -0.750. The molecule has 2 N–H and O–H groups in total.